The minimum atomic E-state index is 0.499. The first-order valence-electron chi connectivity index (χ1n) is 5.08. The normalized spacial score (nSPS) is 15.2. The molecule has 1 atom stereocenters. The minimum Gasteiger partial charge on any atom is -0.309 e. The van der Waals surface area contributed by atoms with Gasteiger partial charge in [-0.1, -0.05) is 40.5 Å². The predicted octanol–water partition coefficient (Wildman–Crippen LogP) is 3.01. The Hall–Kier alpha value is -0.0400. The molecule has 0 saturated carbocycles. The Morgan fingerprint density at radius 2 is 1.67 bits per heavy atom. The van der Waals surface area contributed by atoms with Crippen LogP contribution in [0.5, 0.6) is 0 Å². The third-order valence-electron chi connectivity index (χ3n) is 3.09. The van der Waals surface area contributed by atoms with E-state index in [0.717, 1.165) is 5.92 Å². The highest BCUT2D eigenvalue weighted by Crippen LogP contribution is 2.32. The zero-order chi connectivity index (χ0) is 9.78. The molecule has 12 heavy (non-hydrogen) atoms. The molecule has 0 heterocycles. The van der Waals surface area contributed by atoms with Crippen LogP contribution in [0.3, 0.4) is 0 Å². The lowest BCUT2D eigenvalue weighted by Crippen LogP contribution is -2.32. The Morgan fingerprint density at radius 1 is 1.17 bits per heavy atom. The standard InChI is InChI=1S/C11H25N/c1-7-10(9-12(5)6)11(3,4)8-2/h10H,7-9H2,1-6H3. The number of rotatable bonds is 5. The summed E-state index contributed by atoms with van der Waals surface area (Å²) in [6.45, 7) is 10.6. The molecule has 0 aromatic rings. The summed E-state index contributed by atoms with van der Waals surface area (Å²) < 4.78 is 0. The molecule has 0 spiro atoms. The van der Waals surface area contributed by atoms with Gasteiger partial charge in [-0.3, -0.25) is 0 Å². The summed E-state index contributed by atoms with van der Waals surface area (Å²) in [7, 11) is 4.32. The molecule has 0 bridgehead atoms. The second-order valence-corrected chi connectivity index (χ2v) is 4.71. The van der Waals surface area contributed by atoms with E-state index in [1.807, 2.05) is 0 Å². The van der Waals surface area contributed by atoms with E-state index in [0.29, 0.717) is 5.41 Å². The van der Waals surface area contributed by atoms with Crippen LogP contribution in [0.1, 0.15) is 40.5 Å². The number of nitrogens with zero attached hydrogens (tertiary/aromatic N) is 1. The molecule has 1 unspecified atom stereocenters. The number of hydrogen-bond donors (Lipinski definition) is 0. The largest absolute Gasteiger partial charge is 0.309 e. The topological polar surface area (TPSA) is 3.24 Å². The molecule has 0 radical (unpaired) electrons. The lowest BCUT2D eigenvalue weighted by molar-refractivity contribution is 0.154. The quantitative estimate of drug-likeness (QED) is 0.614. The van der Waals surface area contributed by atoms with Crippen molar-refractivity contribution in [3.05, 3.63) is 0 Å². The summed E-state index contributed by atoms with van der Waals surface area (Å²) in [6.07, 6.45) is 2.57. The molecule has 0 rings (SSSR count). The van der Waals surface area contributed by atoms with Crippen LogP contribution in [-0.2, 0) is 0 Å². The van der Waals surface area contributed by atoms with Gasteiger partial charge in [0.1, 0.15) is 0 Å². The highest BCUT2D eigenvalue weighted by molar-refractivity contribution is 4.77. The predicted molar refractivity (Wildman–Crippen MR) is 56.4 cm³/mol. The van der Waals surface area contributed by atoms with E-state index in [4.69, 9.17) is 0 Å². The van der Waals surface area contributed by atoms with Gasteiger partial charge in [0.05, 0.1) is 0 Å². The smallest absolute Gasteiger partial charge is 0.000856 e. The van der Waals surface area contributed by atoms with Crippen LogP contribution in [0.15, 0.2) is 0 Å². The zero-order valence-electron chi connectivity index (χ0n) is 9.65. The van der Waals surface area contributed by atoms with Crippen molar-refractivity contribution >= 4 is 0 Å². The first-order chi connectivity index (χ1) is 5.44. The Bertz CT molecular complexity index is 116. The van der Waals surface area contributed by atoms with Gasteiger partial charge in [-0.25, -0.2) is 0 Å². The molecule has 0 N–H and O–H groups in total. The molecule has 0 aromatic heterocycles. The number of hydrogen-bond acceptors (Lipinski definition) is 1. The van der Waals surface area contributed by atoms with Crippen molar-refractivity contribution in [1.82, 2.24) is 4.90 Å². The minimum absolute atomic E-state index is 0.499. The Kier molecular flexibility index (Phi) is 4.84. The molecule has 74 valence electrons. The van der Waals surface area contributed by atoms with E-state index in [1.165, 1.54) is 19.4 Å². The molecule has 0 aromatic carbocycles. The van der Waals surface area contributed by atoms with Crippen molar-refractivity contribution in [1.29, 1.82) is 0 Å². The Labute approximate surface area is 78.1 Å². The van der Waals surface area contributed by atoms with Crippen molar-refractivity contribution < 1.29 is 0 Å². The van der Waals surface area contributed by atoms with Gasteiger partial charge in [-0.05, 0) is 25.4 Å². The first kappa shape index (κ1) is 12.0. The summed E-state index contributed by atoms with van der Waals surface area (Å²) in [5.74, 6) is 0.831. The Balaban J connectivity index is 4.13. The van der Waals surface area contributed by atoms with Gasteiger partial charge >= 0.3 is 0 Å². The average Bonchev–Trinajstić information content (AvgIpc) is 1.99. The second-order valence-electron chi connectivity index (χ2n) is 4.71. The molecular weight excluding hydrogens is 146 g/mol. The highest BCUT2D eigenvalue weighted by Gasteiger charge is 2.26. The van der Waals surface area contributed by atoms with Gasteiger partial charge in [0.2, 0.25) is 0 Å². The van der Waals surface area contributed by atoms with Crippen LogP contribution in [0.25, 0.3) is 0 Å². The van der Waals surface area contributed by atoms with Crippen LogP contribution in [0.4, 0.5) is 0 Å². The fourth-order valence-electron chi connectivity index (χ4n) is 1.66. The van der Waals surface area contributed by atoms with Crippen LogP contribution >= 0.6 is 0 Å². The lowest BCUT2D eigenvalue weighted by Gasteiger charge is -2.34. The van der Waals surface area contributed by atoms with Gasteiger partial charge in [-0.2, -0.15) is 0 Å². The molecule has 1 heteroatoms. The zero-order valence-corrected chi connectivity index (χ0v) is 9.65. The van der Waals surface area contributed by atoms with Crippen molar-refractivity contribution in [3.8, 4) is 0 Å². The monoisotopic (exact) mass is 171 g/mol. The summed E-state index contributed by atoms with van der Waals surface area (Å²) >= 11 is 0. The van der Waals surface area contributed by atoms with E-state index in [9.17, 15) is 0 Å². The van der Waals surface area contributed by atoms with E-state index >= 15 is 0 Å². The molecule has 0 saturated heterocycles. The van der Waals surface area contributed by atoms with Crippen molar-refractivity contribution in [2.45, 2.75) is 40.5 Å². The van der Waals surface area contributed by atoms with Crippen LogP contribution in [-0.4, -0.2) is 25.5 Å². The van der Waals surface area contributed by atoms with Crippen LogP contribution in [0, 0.1) is 11.3 Å². The molecule has 0 aliphatic carbocycles. The van der Waals surface area contributed by atoms with Crippen molar-refractivity contribution in [2.24, 2.45) is 11.3 Å². The second kappa shape index (κ2) is 4.86. The van der Waals surface area contributed by atoms with Crippen molar-refractivity contribution in [2.75, 3.05) is 20.6 Å². The Morgan fingerprint density at radius 3 is 1.92 bits per heavy atom. The first-order valence-corrected chi connectivity index (χ1v) is 5.08. The fraction of sp³-hybridized carbons (Fsp3) is 1.00. The third kappa shape index (κ3) is 3.57. The summed E-state index contributed by atoms with van der Waals surface area (Å²) in [5.41, 5.74) is 0.499. The SMILES string of the molecule is CCC(CN(C)C)C(C)(C)CC. The van der Waals surface area contributed by atoms with Gasteiger partial charge in [-0.15, -0.1) is 0 Å². The maximum Gasteiger partial charge on any atom is 0.000856 e. The molecule has 0 fully saturated rings. The van der Waals surface area contributed by atoms with Crippen molar-refractivity contribution in [3.63, 3.8) is 0 Å². The molecule has 0 amide bonds. The highest BCUT2D eigenvalue weighted by atomic mass is 15.1. The maximum atomic E-state index is 2.38. The summed E-state index contributed by atoms with van der Waals surface area (Å²) in [4.78, 5) is 2.30. The van der Waals surface area contributed by atoms with E-state index < -0.39 is 0 Å². The van der Waals surface area contributed by atoms with Gasteiger partial charge in [0.15, 0.2) is 0 Å². The molecule has 1 nitrogen and oxygen atoms in total. The maximum absolute atomic E-state index is 2.38. The molecule has 0 aliphatic rings. The van der Waals surface area contributed by atoms with E-state index in [1.54, 1.807) is 0 Å². The van der Waals surface area contributed by atoms with Gasteiger partial charge < -0.3 is 4.90 Å². The van der Waals surface area contributed by atoms with E-state index in [-0.39, 0.29) is 0 Å². The summed E-state index contributed by atoms with van der Waals surface area (Å²) in [5, 5.41) is 0. The van der Waals surface area contributed by atoms with Gasteiger partial charge in [0.25, 0.3) is 0 Å². The van der Waals surface area contributed by atoms with Gasteiger partial charge in [0, 0.05) is 6.54 Å². The summed E-state index contributed by atoms with van der Waals surface area (Å²) in [6, 6.07) is 0. The third-order valence-corrected chi connectivity index (χ3v) is 3.09. The average molecular weight is 171 g/mol. The van der Waals surface area contributed by atoms with E-state index in [2.05, 4.69) is 46.7 Å². The van der Waals surface area contributed by atoms with Crippen LogP contribution in [0.2, 0.25) is 0 Å². The van der Waals surface area contributed by atoms with Crippen LogP contribution < -0.4 is 0 Å². The molecule has 0 aliphatic heterocycles. The molecular formula is C11H25N. The lowest BCUT2D eigenvalue weighted by atomic mass is 9.75. The fourth-order valence-corrected chi connectivity index (χ4v) is 1.66.